The van der Waals surface area contributed by atoms with Crippen LogP contribution < -0.4 is 10.2 Å². The Morgan fingerprint density at radius 2 is 1.83 bits per heavy atom. The Hall–Kier alpha value is -1.98. The van der Waals surface area contributed by atoms with Crippen molar-refractivity contribution in [3.05, 3.63) is 64.7 Å². The van der Waals surface area contributed by atoms with E-state index in [0.717, 1.165) is 28.3 Å². The summed E-state index contributed by atoms with van der Waals surface area (Å²) in [6.07, 6.45) is 0. The molecule has 0 fully saturated rings. The third-order valence-electron chi connectivity index (χ3n) is 3.27. The zero-order valence-electron chi connectivity index (χ0n) is 13.6. The molecule has 0 saturated heterocycles. The van der Waals surface area contributed by atoms with Crippen molar-refractivity contribution in [1.82, 2.24) is 5.43 Å². The van der Waals surface area contributed by atoms with Gasteiger partial charge in [0.25, 0.3) is 0 Å². The Balaban J connectivity index is 1.76. The number of carbonyl (C=O) groups excluding carboxylic acids is 1. The molecule has 24 heavy (non-hydrogen) atoms. The molecule has 6 heteroatoms. The molecule has 0 saturated carbocycles. The predicted octanol–water partition coefficient (Wildman–Crippen LogP) is 4.12. The molecule has 1 amide bonds. The van der Waals surface area contributed by atoms with Gasteiger partial charge in [-0.3, -0.25) is 4.79 Å². The molecule has 0 radical (unpaired) electrons. The van der Waals surface area contributed by atoms with E-state index in [1.165, 1.54) is 11.8 Å². The lowest BCUT2D eigenvalue weighted by Gasteiger charge is -2.04. The van der Waals surface area contributed by atoms with Gasteiger partial charge in [-0.2, -0.15) is 5.10 Å². The number of thioether (sulfide) groups is 1. The van der Waals surface area contributed by atoms with Gasteiger partial charge in [0.15, 0.2) is 0 Å². The lowest BCUT2D eigenvalue weighted by molar-refractivity contribution is -0.118. The molecule has 2 rings (SSSR count). The summed E-state index contributed by atoms with van der Waals surface area (Å²) >= 11 is 7.39. The highest BCUT2D eigenvalue weighted by atomic mass is 35.5. The molecule has 0 aliphatic rings. The van der Waals surface area contributed by atoms with Crippen molar-refractivity contribution in [2.24, 2.45) is 5.10 Å². The predicted molar refractivity (Wildman–Crippen MR) is 101 cm³/mol. The molecule has 2 aromatic carbocycles. The Morgan fingerprint density at radius 3 is 2.46 bits per heavy atom. The number of rotatable bonds is 7. The second-order valence-electron chi connectivity index (χ2n) is 5.08. The molecule has 0 heterocycles. The van der Waals surface area contributed by atoms with Crippen LogP contribution in [0.4, 0.5) is 0 Å². The summed E-state index contributed by atoms with van der Waals surface area (Å²) in [6.45, 7) is 1.84. The maximum atomic E-state index is 11.8. The molecule has 0 aromatic heterocycles. The zero-order valence-corrected chi connectivity index (χ0v) is 15.2. The smallest absolute Gasteiger partial charge is 0.250 e. The highest BCUT2D eigenvalue weighted by molar-refractivity contribution is 7.99. The van der Waals surface area contributed by atoms with Crippen LogP contribution >= 0.6 is 23.4 Å². The third kappa shape index (κ3) is 5.91. The van der Waals surface area contributed by atoms with E-state index in [1.807, 2.05) is 43.3 Å². The average Bonchev–Trinajstić information content (AvgIpc) is 2.61. The van der Waals surface area contributed by atoms with E-state index in [2.05, 4.69) is 10.5 Å². The van der Waals surface area contributed by atoms with E-state index < -0.39 is 0 Å². The summed E-state index contributed by atoms with van der Waals surface area (Å²) < 4.78 is 5.12. The first-order valence-electron chi connectivity index (χ1n) is 7.38. The Kier molecular flexibility index (Phi) is 7.15. The van der Waals surface area contributed by atoms with Crippen LogP contribution in [-0.2, 0) is 10.5 Å². The summed E-state index contributed by atoms with van der Waals surface area (Å²) in [5, 5.41) is 4.79. The van der Waals surface area contributed by atoms with Crippen molar-refractivity contribution in [2.75, 3.05) is 12.9 Å². The number of halogens is 1. The SMILES string of the molecule is COc1ccc(CSCC(=O)N/N=C(\C)c2ccc(Cl)cc2)cc1. The first kappa shape index (κ1) is 18.4. The number of nitrogens with one attached hydrogen (secondary N) is 1. The Bertz CT molecular complexity index is 700. The van der Waals surface area contributed by atoms with Crippen LogP contribution in [0.5, 0.6) is 5.75 Å². The van der Waals surface area contributed by atoms with E-state index in [0.29, 0.717) is 10.8 Å². The van der Waals surface area contributed by atoms with Crippen LogP contribution in [-0.4, -0.2) is 24.5 Å². The molecule has 0 atom stereocenters. The molecular weight excluding hydrogens is 344 g/mol. The van der Waals surface area contributed by atoms with Crippen LogP contribution in [0, 0.1) is 0 Å². The van der Waals surface area contributed by atoms with Gasteiger partial charge in [-0.15, -0.1) is 11.8 Å². The van der Waals surface area contributed by atoms with Crippen molar-refractivity contribution in [3.8, 4) is 5.75 Å². The minimum Gasteiger partial charge on any atom is -0.497 e. The maximum Gasteiger partial charge on any atom is 0.250 e. The van der Waals surface area contributed by atoms with Crippen LogP contribution in [0.25, 0.3) is 0 Å². The van der Waals surface area contributed by atoms with E-state index in [-0.39, 0.29) is 5.91 Å². The molecule has 0 bridgehead atoms. The first-order valence-corrected chi connectivity index (χ1v) is 8.91. The number of hydrogen-bond acceptors (Lipinski definition) is 4. The van der Waals surface area contributed by atoms with E-state index in [4.69, 9.17) is 16.3 Å². The molecule has 126 valence electrons. The summed E-state index contributed by atoms with van der Waals surface area (Å²) in [4.78, 5) is 11.8. The van der Waals surface area contributed by atoms with Crippen molar-refractivity contribution >= 4 is 35.0 Å². The van der Waals surface area contributed by atoms with Crippen LogP contribution in [0.2, 0.25) is 5.02 Å². The van der Waals surface area contributed by atoms with E-state index >= 15 is 0 Å². The fraction of sp³-hybridized carbons (Fsp3) is 0.222. The fourth-order valence-corrected chi connectivity index (χ4v) is 2.82. The number of carbonyl (C=O) groups is 1. The van der Waals surface area contributed by atoms with Crippen molar-refractivity contribution in [1.29, 1.82) is 0 Å². The normalized spacial score (nSPS) is 11.2. The number of nitrogens with zero attached hydrogens (tertiary/aromatic N) is 1. The van der Waals surface area contributed by atoms with Gasteiger partial charge in [0.1, 0.15) is 5.75 Å². The van der Waals surface area contributed by atoms with E-state index in [1.54, 1.807) is 19.2 Å². The first-order chi connectivity index (χ1) is 11.6. The molecule has 0 unspecified atom stereocenters. The molecule has 0 aliphatic heterocycles. The molecule has 0 aliphatic carbocycles. The lowest BCUT2D eigenvalue weighted by Crippen LogP contribution is -2.21. The standard InChI is InChI=1S/C18H19ClN2O2S/c1-13(15-5-7-16(19)8-6-15)20-21-18(22)12-24-11-14-3-9-17(23-2)10-4-14/h3-10H,11-12H2,1-2H3,(H,21,22)/b20-13+. The minimum atomic E-state index is -0.123. The number of amides is 1. The van der Waals surface area contributed by atoms with Crippen molar-refractivity contribution in [3.63, 3.8) is 0 Å². The number of methoxy groups -OCH3 is 1. The minimum absolute atomic E-state index is 0.123. The quantitative estimate of drug-likeness (QED) is 0.595. The zero-order chi connectivity index (χ0) is 17.4. The molecule has 4 nitrogen and oxygen atoms in total. The fourth-order valence-electron chi connectivity index (χ4n) is 1.92. The second-order valence-corrected chi connectivity index (χ2v) is 6.50. The van der Waals surface area contributed by atoms with Crippen LogP contribution in [0.3, 0.4) is 0 Å². The van der Waals surface area contributed by atoms with Crippen molar-refractivity contribution < 1.29 is 9.53 Å². The summed E-state index contributed by atoms with van der Waals surface area (Å²) in [6, 6.07) is 15.1. The Morgan fingerprint density at radius 1 is 1.17 bits per heavy atom. The van der Waals surface area contributed by atoms with Gasteiger partial charge >= 0.3 is 0 Å². The highest BCUT2D eigenvalue weighted by Gasteiger charge is 2.03. The summed E-state index contributed by atoms with van der Waals surface area (Å²) in [7, 11) is 1.64. The maximum absolute atomic E-state index is 11.8. The number of hydrazone groups is 1. The van der Waals surface area contributed by atoms with Gasteiger partial charge in [-0.05, 0) is 42.3 Å². The molecule has 2 aromatic rings. The summed E-state index contributed by atoms with van der Waals surface area (Å²) in [5.41, 5.74) is 5.38. The van der Waals surface area contributed by atoms with Crippen LogP contribution in [0.15, 0.2) is 53.6 Å². The largest absolute Gasteiger partial charge is 0.497 e. The molecular formula is C18H19ClN2O2S. The molecule has 0 spiro atoms. The van der Waals surface area contributed by atoms with Crippen LogP contribution in [0.1, 0.15) is 18.1 Å². The third-order valence-corrected chi connectivity index (χ3v) is 4.53. The number of hydrogen-bond donors (Lipinski definition) is 1. The number of ether oxygens (including phenoxy) is 1. The molecule has 1 N–H and O–H groups in total. The van der Waals surface area contributed by atoms with Gasteiger partial charge in [-0.1, -0.05) is 35.9 Å². The van der Waals surface area contributed by atoms with E-state index in [9.17, 15) is 4.79 Å². The summed E-state index contributed by atoms with van der Waals surface area (Å²) in [5.74, 6) is 1.82. The lowest BCUT2D eigenvalue weighted by atomic mass is 10.1. The van der Waals surface area contributed by atoms with Gasteiger partial charge in [0, 0.05) is 10.8 Å². The average molecular weight is 363 g/mol. The second kappa shape index (κ2) is 9.35. The van der Waals surface area contributed by atoms with Gasteiger partial charge in [0.2, 0.25) is 5.91 Å². The highest BCUT2D eigenvalue weighted by Crippen LogP contribution is 2.16. The van der Waals surface area contributed by atoms with Crippen molar-refractivity contribution in [2.45, 2.75) is 12.7 Å². The van der Waals surface area contributed by atoms with Gasteiger partial charge in [0.05, 0.1) is 18.6 Å². The monoisotopic (exact) mass is 362 g/mol. The van der Waals surface area contributed by atoms with Gasteiger partial charge < -0.3 is 4.74 Å². The van der Waals surface area contributed by atoms with Gasteiger partial charge in [-0.25, -0.2) is 5.43 Å². The Labute approximate surface area is 151 Å². The topological polar surface area (TPSA) is 50.7 Å². The number of benzene rings is 2.